The summed E-state index contributed by atoms with van der Waals surface area (Å²) in [7, 11) is 1.69. The fraction of sp³-hybridized carbons (Fsp3) is 0.524. The Morgan fingerprint density at radius 3 is 2.94 bits per heavy atom. The molecule has 2 N–H and O–H groups in total. The number of nitrogens with zero attached hydrogens (tertiary/aromatic N) is 4. The zero-order chi connectivity index (χ0) is 22.4. The number of nitrogens with one attached hydrogen (secondary N) is 2. The number of carbonyl (C=O) groups excluding carboxylic acids is 1. The van der Waals surface area contributed by atoms with Crippen molar-refractivity contribution < 1.29 is 14.1 Å². The van der Waals surface area contributed by atoms with Gasteiger partial charge in [0.25, 0.3) is 0 Å². The number of halogens is 1. The van der Waals surface area contributed by atoms with Gasteiger partial charge in [0.1, 0.15) is 5.60 Å². The zero-order valence-electron chi connectivity index (χ0n) is 18.3. The molecule has 1 aliphatic heterocycles. The number of rotatable bonds is 4. The van der Waals surface area contributed by atoms with Crippen molar-refractivity contribution in [2.24, 2.45) is 4.99 Å². The summed E-state index contributed by atoms with van der Waals surface area (Å²) in [5, 5.41) is 11.1. The van der Waals surface area contributed by atoms with Crippen LogP contribution in [0.4, 0.5) is 4.79 Å². The summed E-state index contributed by atoms with van der Waals surface area (Å²) in [5.74, 6) is 1.50. The van der Waals surface area contributed by atoms with Crippen molar-refractivity contribution in [3.8, 4) is 11.4 Å². The first-order valence-electron chi connectivity index (χ1n) is 10.3. The molecule has 0 aliphatic carbocycles. The van der Waals surface area contributed by atoms with Crippen LogP contribution < -0.4 is 10.6 Å². The van der Waals surface area contributed by atoms with Crippen molar-refractivity contribution in [2.45, 2.75) is 51.8 Å². The topological polar surface area (TPSA) is 105 Å². The van der Waals surface area contributed by atoms with Crippen LogP contribution >= 0.6 is 11.6 Å². The summed E-state index contributed by atoms with van der Waals surface area (Å²) in [6.45, 7) is 7.15. The Kier molecular flexibility index (Phi) is 7.37. The minimum atomic E-state index is -0.511. The zero-order valence-corrected chi connectivity index (χ0v) is 19.1. The van der Waals surface area contributed by atoms with Crippen molar-refractivity contribution in [2.75, 3.05) is 20.1 Å². The van der Waals surface area contributed by atoms with Crippen LogP contribution in [0.2, 0.25) is 5.02 Å². The lowest BCUT2D eigenvalue weighted by molar-refractivity contribution is 0.0193. The second-order valence-corrected chi connectivity index (χ2v) is 8.79. The molecule has 0 radical (unpaired) electrons. The summed E-state index contributed by atoms with van der Waals surface area (Å²) >= 11 is 6.02. The van der Waals surface area contributed by atoms with E-state index in [2.05, 4.69) is 25.8 Å². The Morgan fingerprint density at radius 2 is 2.23 bits per heavy atom. The van der Waals surface area contributed by atoms with E-state index >= 15 is 0 Å². The molecule has 0 spiro atoms. The van der Waals surface area contributed by atoms with Crippen molar-refractivity contribution in [3.05, 3.63) is 35.2 Å². The third-order valence-electron chi connectivity index (χ3n) is 4.60. The van der Waals surface area contributed by atoms with Crippen LogP contribution in [0.15, 0.2) is 33.8 Å². The van der Waals surface area contributed by atoms with E-state index in [1.54, 1.807) is 24.1 Å². The largest absolute Gasteiger partial charge is 0.444 e. The Hall–Kier alpha value is -2.81. The maximum Gasteiger partial charge on any atom is 0.410 e. The SMILES string of the molecule is CN=C(NCc1nc(-c2cccc(Cl)c2)no1)NC1CCCN(C(=O)OC(C)(C)C)C1. The molecule has 1 aliphatic rings. The van der Waals surface area contributed by atoms with E-state index in [0.29, 0.717) is 42.3 Å². The molecule has 0 saturated carbocycles. The van der Waals surface area contributed by atoms with Gasteiger partial charge in [0.15, 0.2) is 5.96 Å². The maximum absolute atomic E-state index is 12.4. The number of carbonyl (C=O) groups is 1. The first-order chi connectivity index (χ1) is 14.7. The van der Waals surface area contributed by atoms with E-state index in [1.807, 2.05) is 32.9 Å². The van der Waals surface area contributed by atoms with Gasteiger partial charge in [0.05, 0.1) is 6.54 Å². The van der Waals surface area contributed by atoms with Crippen molar-refractivity contribution >= 4 is 23.7 Å². The first kappa shape index (κ1) is 22.9. The molecule has 0 bridgehead atoms. The molecule has 1 aromatic heterocycles. The quantitative estimate of drug-likeness (QED) is 0.545. The summed E-state index contributed by atoms with van der Waals surface area (Å²) in [5.41, 5.74) is 0.276. The van der Waals surface area contributed by atoms with Crippen LogP contribution in [0, 0.1) is 0 Å². The van der Waals surface area contributed by atoms with Crippen molar-refractivity contribution in [3.63, 3.8) is 0 Å². The molecule has 3 rings (SSSR count). The minimum absolute atomic E-state index is 0.0668. The van der Waals surface area contributed by atoms with Crippen LogP contribution in [-0.4, -0.2) is 58.9 Å². The van der Waals surface area contributed by atoms with E-state index in [1.165, 1.54) is 0 Å². The van der Waals surface area contributed by atoms with Gasteiger partial charge in [-0.1, -0.05) is 28.9 Å². The number of likely N-dealkylation sites (tertiary alicyclic amines) is 1. The highest BCUT2D eigenvalue weighted by Crippen LogP contribution is 2.20. The molecule has 1 aromatic carbocycles. The van der Waals surface area contributed by atoms with E-state index in [4.69, 9.17) is 20.9 Å². The van der Waals surface area contributed by atoms with Crippen LogP contribution in [-0.2, 0) is 11.3 Å². The lowest BCUT2D eigenvalue weighted by atomic mass is 10.1. The molecule has 1 saturated heterocycles. The molecule has 9 nitrogen and oxygen atoms in total. The summed E-state index contributed by atoms with van der Waals surface area (Å²) in [6, 6.07) is 7.34. The van der Waals surface area contributed by atoms with Crippen LogP contribution in [0.3, 0.4) is 0 Å². The van der Waals surface area contributed by atoms with Gasteiger partial charge >= 0.3 is 6.09 Å². The standard InChI is InChI=1S/C21H29ClN6O3/c1-21(2,3)30-20(29)28-10-6-9-16(13-28)25-19(23-4)24-12-17-26-18(27-31-17)14-7-5-8-15(22)11-14/h5,7-8,11,16H,6,9-10,12-13H2,1-4H3,(H2,23,24,25). The second kappa shape index (κ2) is 10.00. The molecular weight excluding hydrogens is 420 g/mol. The fourth-order valence-corrected chi connectivity index (χ4v) is 3.40. The van der Waals surface area contributed by atoms with Gasteiger partial charge in [-0.05, 0) is 45.7 Å². The first-order valence-corrected chi connectivity index (χ1v) is 10.6. The lowest BCUT2D eigenvalue weighted by Gasteiger charge is -2.34. The predicted octanol–water partition coefficient (Wildman–Crippen LogP) is 3.45. The Labute approximate surface area is 187 Å². The molecule has 2 heterocycles. The number of benzene rings is 1. The number of amides is 1. The number of piperidine rings is 1. The smallest absolute Gasteiger partial charge is 0.410 e. The van der Waals surface area contributed by atoms with Gasteiger partial charge in [-0.2, -0.15) is 4.98 Å². The fourth-order valence-electron chi connectivity index (χ4n) is 3.21. The van der Waals surface area contributed by atoms with Crippen molar-refractivity contribution in [1.29, 1.82) is 0 Å². The second-order valence-electron chi connectivity index (χ2n) is 8.36. The number of guanidine groups is 1. The van der Waals surface area contributed by atoms with Gasteiger partial charge in [-0.15, -0.1) is 0 Å². The van der Waals surface area contributed by atoms with Gasteiger partial charge < -0.3 is 24.8 Å². The van der Waals surface area contributed by atoms with Gasteiger partial charge in [0.2, 0.25) is 11.7 Å². The minimum Gasteiger partial charge on any atom is -0.444 e. The molecular formula is C21H29ClN6O3. The summed E-state index contributed by atoms with van der Waals surface area (Å²) < 4.78 is 10.8. The number of aromatic nitrogens is 2. The molecule has 1 unspecified atom stereocenters. The molecule has 10 heteroatoms. The third kappa shape index (κ3) is 6.85. The van der Waals surface area contributed by atoms with E-state index in [0.717, 1.165) is 18.4 Å². The van der Waals surface area contributed by atoms with Gasteiger partial charge in [0, 0.05) is 36.8 Å². The molecule has 31 heavy (non-hydrogen) atoms. The van der Waals surface area contributed by atoms with E-state index < -0.39 is 5.60 Å². The van der Waals surface area contributed by atoms with Crippen LogP contribution in [0.25, 0.3) is 11.4 Å². The maximum atomic E-state index is 12.4. The number of ether oxygens (including phenoxy) is 1. The highest BCUT2D eigenvalue weighted by Gasteiger charge is 2.28. The Balaban J connectivity index is 1.52. The Morgan fingerprint density at radius 1 is 1.42 bits per heavy atom. The average molecular weight is 449 g/mol. The summed E-state index contributed by atoms with van der Waals surface area (Å²) in [4.78, 5) is 22.7. The lowest BCUT2D eigenvalue weighted by Crippen LogP contribution is -2.53. The van der Waals surface area contributed by atoms with Gasteiger partial charge in [-0.3, -0.25) is 4.99 Å². The Bertz CT molecular complexity index is 924. The third-order valence-corrected chi connectivity index (χ3v) is 4.83. The highest BCUT2D eigenvalue weighted by atomic mass is 35.5. The monoisotopic (exact) mass is 448 g/mol. The molecule has 1 atom stereocenters. The van der Waals surface area contributed by atoms with Crippen LogP contribution in [0.1, 0.15) is 39.5 Å². The van der Waals surface area contributed by atoms with E-state index in [-0.39, 0.29) is 12.1 Å². The molecule has 168 valence electrons. The number of hydrogen-bond acceptors (Lipinski definition) is 6. The van der Waals surface area contributed by atoms with Gasteiger partial charge in [-0.25, -0.2) is 4.79 Å². The molecule has 1 amide bonds. The number of aliphatic imine (C=N–C) groups is 1. The molecule has 1 fully saturated rings. The molecule has 2 aromatic rings. The van der Waals surface area contributed by atoms with Crippen molar-refractivity contribution in [1.82, 2.24) is 25.7 Å². The van der Waals surface area contributed by atoms with Crippen LogP contribution in [0.5, 0.6) is 0 Å². The average Bonchev–Trinajstić information content (AvgIpc) is 3.19. The predicted molar refractivity (Wildman–Crippen MR) is 119 cm³/mol. The highest BCUT2D eigenvalue weighted by molar-refractivity contribution is 6.30. The summed E-state index contributed by atoms with van der Waals surface area (Å²) in [6.07, 6.45) is 1.53. The van der Waals surface area contributed by atoms with E-state index in [9.17, 15) is 4.79 Å². The normalized spacial score (nSPS) is 17.4. The number of hydrogen-bond donors (Lipinski definition) is 2.